The van der Waals surface area contributed by atoms with Crippen molar-refractivity contribution in [3.05, 3.63) is 18.2 Å². The second-order valence-electron chi connectivity index (χ2n) is 5.55. The van der Waals surface area contributed by atoms with Crippen LogP contribution in [0.25, 0.3) is 0 Å². The Balaban J connectivity index is 2.13. The van der Waals surface area contributed by atoms with Crippen molar-refractivity contribution in [3.63, 3.8) is 0 Å². The Hall–Kier alpha value is -2.37. The summed E-state index contributed by atoms with van der Waals surface area (Å²) in [5.41, 5.74) is 1.89. The summed E-state index contributed by atoms with van der Waals surface area (Å²) in [4.78, 5) is 24.6. The normalized spacial score (nSPS) is 15.4. The first-order valence-electron chi connectivity index (χ1n) is 7.83. The van der Waals surface area contributed by atoms with E-state index < -0.39 is 21.8 Å². The van der Waals surface area contributed by atoms with Gasteiger partial charge in [0.2, 0.25) is 21.8 Å². The molecule has 0 bridgehead atoms. The Labute approximate surface area is 151 Å². The van der Waals surface area contributed by atoms with Gasteiger partial charge in [0.1, 0.15) is 22.8 Å². The molecule has 0 saturated carbocycles. The number of ether oxygens (including phenoxy) is 2. The fraction of sp³-hybridized carbons (Fsp3) is 0.467. The van der Waals surface area contributed by atoms with Crippen molar-refractivity contribution in [2.75, 3.05) is 40.4 Å². The van der Waals surface area contributed by atoms with Crippen LogP contribution in [0, 0.1) is 0 Å². The number of amides is 2. The molecule has 1 aromatic rings. The van der Waals surface area contributed by atoms with Gasteiger partial charge in [-0.3, -0.25) is 15.0 Å². The van der Waals surface area contributed by atoms with E-state index in [0.29, 0.717) is 5.75 Å². The summed E-state index contributed by atoms with van der Waals surface area (Å²) >= 11 is 0. The fourth-order valence-corrected chi connectivity index (χ4v) is 4.20. The highest BCUT2D eigenvalue weighted by molar-refractivity contribution is 7.89. The van der Waals surface area contributed by atoms with Crippen molar-refractivity contribution in [3.8, 4) is 11.5 Å². The molecule has 0 unspecified atom stereocenters. The molecule has 1 fully saturated rings. The molecule has 1 aromatic carbocycles. The Morgan fingerprint density at radius 3 is 2.35 bits per heavy atom. The standard InChI is InChI=1S/C15H22N4O6S/c1-24-11-3-4-12(25-2)13(9-11)26(22,23)19-7-5-18(6-8-19)15(21)10-14(20)17-16/h3-4,9H,5-8,10,16H2,1-2H3,(H,17,20). The van der Waals surface area contributed by atoms with E-state index >= 15 is 0 Å². The maximum Gasteiger partial charge on any atom is 0.247 e. The topological polar surface area (TPSA) is 131 Å². The molecule has 0 spiro atoms. The molecule has 1 aliphatic rings. The molecule has 0 radical (unpaired) electrons. The SMILES string of the molecule is COc1ccc(OC)c(S(=O)(=O)N2CCN(C(=O)CC(=O)NN)CC2)c1. The minimum absolute atomic E-state index is 0.00151. The fourth-order valence-electron chi connectivity index (χ4n) is 2.60. The van der Waals surface area contributed by atoms with Gasteiger partial charge in [-0.1, -0.05) is 0 Å². The smallest absolute Gasteiger partial charge is 0.247 e. The molecule has 11 heteroatoms. The van der Waals surface area contributed by atoms with Crippen LogP contribution < -0.4 is 20.7 Å². The lowest BCUT2D eigenvalue weighted by Crippen LogP contribution is -2.51. The van der Waals surface area contributed by atoms with Gasteiger partial charge in [-0.25, -0.2) is 14.3 Å². The van der Waals surface area contributed by atoms with E-state index in [2.05, 4.69) is 0 Å². The molecular weight excluding hydrogens is 364 g/mol. The molecule has 10 nitrogen and oxygen atoms in total. The van der Waals surface area contributed by atoms with E-state index in [1.54, 1.807) is 6.07 Å². The summed E-state index contributed by atoms with van der Waals surface area (Å²) in [6.45, 7) is 0.585. The molecule has 1 heterocycles. The summed E-state index contributed by atoms with van der Waals surface area (Å²) in [6.07, 6.45) is -0.368. The van der Waals surface area contributed by atoms with Crippen molar-refractivity contribution in [2.45, 2.75) is 11.3 Å². The number of carbonyl (C=O) groups excluding carboxylic acids is 2. The summed E-state index contributed by atoms with van der Waals surface area (Å²) in [5.74, 6) is 4.58. The quantitative estimate of drug-likeness (QED) is 0.275. The van der Waals surface area contributed by atoms with E-state index in [0.717, 1.165) is 0 Å². The van der Waals surface area contributed by atoms with E-state index in [1.807, 2.05) is 5.43 Å². The third-order valence-electron chi connectivity index (χ3n) is 4.05. The third-order valence-corrected chi connectivity index (χ3v) is 5.97. The highest BCUT2D eigenvalue weighted by Gasteiger charge is 2.32. The summed E-state index contributed by atoms with van der Waals surface area (Å²) in [5, 5.41) is 0. The summed E-state index contributed by atoms with van der Waals surface area (Å²) in [6, 6.07) is 4.53. The first-order chi connectivity index (χ1) is 12.3. The van der Waals surface area contributed by atoms with E-state index in [9.17, 15) is 18.0 Å². The summed E-state index contributed by atoms with van der Waals surface area (Å²) < 4.78 is 37.4. The number of benzene rings is 1. The van der Waals surface area contributed by atoms with E-state index in [-0.39, 0.29) is 43.2 Å². The number of hydrazine groups is 1. The molecule has 2 amide bonds. The Morgan fingerprint density at radius 1 is 1.15 bits per heavy atom. The number of nitrogens with two attached hydrogens (primary N) is 1. The molecule has 1 saturated heterocycles. The number of piperazine rings is 1. The van der Waals surface area contributed by atoms with Crippen molar-refractivity contribution in [1.82, 2.24) is 14.6 Å². The number of carbonyl (C=O) groups is 2. The maximum absolute atomic E-state index is 12.9. The summed E-state index contributed by atoms with van der Waals surface area (Å²) in [7, 11) is -0.990. The van der Waals surface area contributed by atoms with Gasteiger partial charge in [-0.05, 0) is 12.1 Å². The van der Waals surface area contributed by atoms with Crippen LogP contribution in [0.15, 0.2) is 23.1 Å². The largest absolute Gasteiger partial charge is 0.497 e. The van der Waals surface area contributed by atoms with Gasteiger partial charge in [-0.15, -0.1) is 0 Å². The average molecular weight is 386 g/mol. The first-order valence-corrected chi connectivity index (χ1v) is 9.27. The van der Waals surface area contributed by atoms with Crippen molar-refractivity contribution >= 4 is 21.8 Å². The average Bonchev–Trinajstić information content (AvgIpc) is 2.67. The van der Waals surface area contributed by atoms with Gasteiger partial charge in [0.05, 0.1) is 14.2 Å². The number of nitrogens with one attached hydrogen (secondary N) is 1. The molecule has 0 aliphatic carbocycles. The first kappa shape index (κ1) is 19.9. The van der Waals surface area contributed by atoms with Crippen LogP contribution >= 0.6 is 0 Å². The lowest BCUT2D eigenvalue weighted by molar-refractivity contribution is -0.137. The van der Waals surface area contributed by atoms with Crippen LogP contribution in [-0.2, 0) is 19.6 Å². The molecular formula is C15H22N4O6S. The van der Waals surface area contributed by atoms with Crippen molar-refractivity contribution in [2.24, 2.45) is 5.84 Å². The van der Waals surface area contributed by atoms with Crippen LogP contribution in [0.2, 0.25) is 0 Å². The minimum atomic E-state index is -3.82. The Bertz CT molecular complexity index is 774. The molecule has 26 heavy (non-hydrogen) atoms. The predicted octanol–water partition coefficient (Wildman–Crippen LogP) is -1.08. The number of nitrogens with zero attached hydrogens (tertiary/aromatic N) is 2. The molecule has 3 N–H and O–H groups in total. The van der Waals surface area contributed by atoms with Gasteiger partial charge < -0.3 is 14.4 Å². The predicted molar refractivity (Wildman–Crippen MR) is 91.8 cm³/mol. The lowest BCUT2D eigenvalue weighted by atomic mass is 10.3. The van der Waals surface area contributed by atoms with Crippen LogP contribution in [0.5, 0.6) is 11.5 Å². The monoisotopic (exact) mass is 386 g/mol. The van der Waals surface area contributed by atoms with Crippen LogP contribution in [0.1, 0.15) is 6.42 Å². The van der Waals surface area contributed by atoms with Gasteiger partial charge in [-0.2, -0.15) is 4.31 Å². The van der Waals surface area contributed by atoms with Crippen LogP contribution in [-0.4, -0.2) is 69.8 Å². The number of hydrogen-bond donors (Lipinski definition) is 2. The molecule has 0 atom stereocenters. The molecule has 0 aromatic heterocycles. The molecule has 144 valence electrons. The van der Waals surface area contributed by atoms with Crippen molar-refractivity contribution in [1.29, 1.82) is 0 Å². The van der Waals surface area contributed by atoms with Gasteiger partial charge in [0.15, 0.2) is 0 Å². The zero-order valence-electron chi connectivity index (χ0n) is 14.6. The third kappa shape index (κ3) is 4.23. The van der Waals surface area contributed by atoms with Gasteiger partial charge in [0.25, 0.3) is 0 Å². The van der Waals surface area contributed by atoms with E-state index in [1.165, 1.54) is 35.6 Å². The highest BCUT2D eigenvalue weighted by atomic mass is 32.2. The number of sulfonamides is 1. The number of methoxy groups -OCH3 is 2. The number of rotatable bonds is 6. The lowest BCUT2D eigenvalue weighted by Gasteiger charge is -2.34. The highest BCUT2D eigenvalue weighted by Crippen LogP contribution is 2.31. The Kier molecular flexibility index (Phi) is 6.40. The molecule has 2 rings (SSSR count). The molecule has 1 aliphatic heterocycles. The second kappa shape index (κ2) is 8.34. The van der Waals surface area contributed by atoms with Gasteiger partial charge in [0, 0.05) is 32.2 Å². The zero-order valence-corrected chi connectivity index (χ0v) is 15.4. The van der Waals surface area contributed by atoms with E-state index in [4.69, 9.17) is 15.3 Å². The van der Waals surface area contributed by atoms with Gasteiger partial charge >= 0.3 is 0 Å². The zero-order chi connectivity index (χ0) is 19.3. The Morgan fingerprint density at radius 2 is 1.81 bits per heavy atom. The second-order valence-corrected chi connectivity index (χ2v) is 7.45. The number of hydrogen-bond acceptors (Lipinski definition) is 7. The minimum Gasteiger partial charge on any atom is -0.497 e. The van der Waals surface area contributed by atoms with Crippen LogP contribution in [0.3, 0.4) is 0 Å². The maximum atomic E-state index is 12.9. The van der Waals surface area contributed by atoms with Crippen LogP contribution in [0.4, 0.5) is 0 Å². The van der Waals surface area contributed by atoms with Crippen molar-refractivity contribution < 1.29 is 27.5 Å².